The summed E-state index contributed by atoms with van der Waals surface area (Å²) >= 11 is 0. The fourth-order valence-electron chi connectivity index (χ4n) is 4.37. The van der Waals surface area contributed by atoms with Crippen LogP contribution in [0.5, 0.6) is 0 Å². The zero-order valence-corrected chi connectivity index (χ0v) is 19.7. The minimum atomic E-state index is -3.50. The lowest BCUT2D eigenvalue weighted by atomic mass is 10.1. The lowest BCUT2D eigenvalue weighted by Gasteiger charge is -2.32. The van der Waals surface area contributed by atoms with Crippen LogP contribution in [0.1, 0.15) is 35.7 Å². The third-order valence-electron chi connectivity index (χ3n) is 6.00. The maximum atomic E-state index is 13.4. The number of hydrogen-bond acceptors (Lipinski definition) is 6. The average molecular weight is 465 g/mol. The zero-order valence-electron chi connectivity index (χ0n) is 18.9. The number of pyridine rings is 1. The highest BCUT2D eigenvalue weighted by molar-refractivity contribution is 7.89. The van der Waals surface area contributed by atoms with Crippen LogP contribution in [0.15, 0.2) is 55.2 Å². The van der Waals surface area contributed by atoms with Crippen LogP contribution >= 0.6 is 0 Å². The van der Waals surface area contributed by atoms with Crippen molar-refractivity contribution in [3.63, 3.8) is 0 Å². The van der Waals surface area contributed by atoms with Gasteiger partial charge >= 0.3 is 0 Å². The van der Waals surface area contributed by atoms with Crippen molar-refractivity contribution in [2.24, 2.45) is 7.05 Å². The first kappa shape index (κ1) is 23.0. The van der Waals surface area contributed by atoms with Gasteiger partial charge in [-0.2, -0.15) is 9.57 Å². The monoisotopic (exact) mass is 464 g/mol. The van der Waals surface area contributed by atoms with E-state index in [2.05, 4.69) is 20.9 Å². The van der Waals surface area contributed by atoms with E-state index in [1.807, 2.05) is 49.0 Å². The van der Waals surface area contributed by atoms with Crippen LogP contribution in [0.2, 0.25) is 0 Å². The Hall–Kier alpha value is -3.22. The molecule has 1 atom stereocenters. The van der Waals surface area contributed by atoms with Gasteiger partial charge in [-0.05, 0) is 48.2 Å². The van der Waals surface area contributed by atoms with Gasteiger partial charge in [0, 0.05) is 50.5 Å². The molecule has 4 rings (SSSR count). The predicted molar refractivity (Wildman–Crippen MR) is 127 cm³/mol. The number of anilines is 1. The molecule has 2 aromatic heterocycles. The summed E-state index contributed by atoms with van der Waals surface area (Å²) in [7, 11) is -1.55. The van der Waals surface area contributed by atoms with Crippen molar-refractivity contribution in [3.8, 4) is 6.07 Å². The van der Waals surface area contributed by atoms with Crippen LogP contribution in [0, 0.1) is 11.3 Å². The maximum Gasteiger partial charge on any atom is 0.214 e. The number of hydrogen-bond donors (Lipinski definition) is 0. The van der Waals surface area contributed by atoms with Crippen molar-refractivity contribution >= 4 is 15.7 Å². The second-order valence-corrected chi connectivity index (χ2v) is 10.5. The summed E-state index contributed by atoms with van der Waals surface area (Å²) in [6.45, 7) is 3.21. The molecular formula is C24H28N6O2S. The van der Waals surface area contributed by atoms with Gasteiger partial charge in [-0.1, -0.05) is 13.0 Å². The molecule has 0 aliphatic carbocycles. The minimum Gasteiger partial charge on any atom is -0.364 e. The summed E-state index contributed by atoms with van der Waals surface area (Å²) in [5.41, 5.74) is 4.32. The highest BCUT2D eigenvalue weighted by Gasteiger charge is 2.35. The third kappa shape index (κ3) is 5.07. The number of nitriles is 1. The van der Waals surface area contributed by atoms with Crippen molar-refractivity contribution in [2.45, 2.75) is 38.9 Å². The molecule has 0 radical (unpaired) electrons. The van der Waals surface area contributed by atoms with E-state index in [1.54, 1.807) is 29.1 Å². The van der Waals surface area contributed by atoms with E-state index in [0.29, 0.717) is 31.5 Å². The van der Waals surface area contributed by atoms with Gasteiger partial charge in [0.05, 0.1) is 36.0 Å². The van der Waals surface area contributed by atoms with Gasteiger partial charge < -0.3 is 9.47 Å². The highest BCUT2D eigenvalue weighted by atomic mass is 32.2. The molecule has 8 nitrogen and oxygen atoms in total. The second-order valence-electron chi connectivity index (χ2n) is 8.41. The van der Waals surface area contributed by atoms with Crippen LogP contribution in [0.4, 0.5) is 5.69 Å². The molecule has 0 bridgehead atoms. The average Bonchev–Trinajstić information content (AvgIpc) is 3.13. The molecule has 3 aromatic rings. The molecule has 0 fully saturated rings. The predicted octanol–water partition coefficient (Wildman–Crippen LogP) is 2.86. The molecule has 1 aromatic carbocycles. The van der Waals surface area contributed by atoms with Gasteiger partial charge in [-0.25, -0.2) is 13.4 Å². The number of nitrogens with zero attached hydrogens (tertiary/aromatic N) is 6. The van der Waals surface area contributed by atoms with Crippen molar-refractivity contribution in [2.75, 3.05) is 17.2 Å². The smallest absolute Gasteiger partial charge is 0.214 e. The largest absolute Gasteiger partial charge is 0.364 e. The lowest BCUT2D eigenvalue weighted by Crippen LogP contribution is -2.46. The van der Waals surface area contributed by atoms with E-state index in [9.17, 15) is 13.7 Å². The van der Waals surface area contributed by atoms with Gasteiger partial charge in [0.2, 0.25) is 10.0 Å². The first-order valence-electron chi connectivity index (χ1n) is 11.0. The van der Waals surface area contributed by atoms with Gasteiger partial charge in [-0.15, -0.1) is 0 Å². The molecule has 33 heavy (non-hydrogen) atoms. The van der Waals surface area contributed by atoms with Gasteiger partial charge in [0.15, 0.2) is 0 Å². The molecular weight excluding hydrogens is 436 g/mol. The van der Waals surface area contributed by atoms with E-state index in [0.717, 1.165) is 22.5 Å². The number of sulfonamides is 1. The van der Waals surface area contributed by atoms with Crippen LogP contribution < -0.4 is 4.90 Å². The minimum absolute atomic E-state index is 0.0888. The normalized spacial score (nSPS) is 16.8. The first-order chi connectivity index (χ1) is 15.9. The van der Waals surface area contributed by atoms with E-state index in [4.69, 9.17) is 0 Å². The van der Waals surface area contributed by atoms with Gasteiger partial charge in [0.1, 0.15) is 0 Å². The van der Waals surface area contributed by atoms with E-state index in [1.165, 1.54) is 0 Å². The molecule has 0 spiro atoms. The molecule has 0 N–H and O–H groups in total. The van der Waals surface area contributed by atoms with Crippen LogP contribution in [-0.2, 0) is 36.6 Å². The van der Waals surface area contributed by atoms with Crippen molar-refractivity contribution in [3.05, 3.63) is 77.6 Å². The Morgan fingerprint density at radius 1 is 1.21 bits per heavy atom. The number of benzene rings is 1. The fraction of sp³-hybridized carbons (Fsp3) is 0.375. The van der Waals surface area contributed by atoms with Crippen molar-refractivity contribution in [1.29, 1.82) is 5.26 Å². The number of fused-ring (bicyclic) bond motifs is 1. The number of aromatic nitrogens is 3. The molecule has 1 aliphatic rings. The van der Waals surface area contributed by atoms with Crippen LogP contribution in [0.25, 0.3) is 0 Å². The molecule has 0 saturated heterocycles. The van der Waals surface area contributed by atoms with E-state index < -0.39 is 10.0 Å². The number of aryl methyl sites for hydroxylation is 1. The number of imidazole rings is 1. The summed E-state index contributed by atoms with van der Waals surface area (Å²) in [6, 6.07) is 11.3. The summed E-state index contributed by atoms with van der Waals surface area (Å²) in [4.78, 5) is 10.7. The molecule has 3 heterocycles. The second kappa shape index (κ2) is 9.73. The van der Waals surface area contributed by atoms with E-state index in [-0.39, 0.29) is 18.3 Å². The summed E-state index contributed by atoms with van der Waals surface area (Å²) < 4.78 is 30.4. The van der Waals surface area contributed by atoms with Crippen LogP contribution in [-0.4, -0.2) is 45.6 Å². The Morgan fingerprint density at radius 2 is 2.06 bits per heavy atom. The standard InChI is InChI=1S/C24H28N6O2S/c1-3-9-33(31,32)30-15-21-10-19(12-25)6-7-24(21)29(17-23-14-27-18-28(23)2)16-22(30)11-20-5-4-8-26-13-20/h4-8,10,13-14,18,22H,3,9,11,15-17H2,1-2H3/t22-/m1/s1. The van der Waals surface area contributed by atoms with Crippen LogP contribution in [0.3, 0.4) is 0 Å². The van der Waals surface area contributed by atoms with Crippen molar-refractivity contribution in [1.82, 2.24) is 18.8 Å². The maximum absolute atomic E-state index is 13.4. The lowest BCUT2D eigenvalue weighted by molar-refractivity contribution is 0.317. The number of rotatable bonds is 7. The Bertz CT molecular complexity index is 1250. The summed E-state index contributed by atoms with van der Waals surface area (Å²) in [5.74, 6) is 0.0888. The third-order valence-corrected chi connectivity index (χ3v) is 8.06. The Balaban J connectivity index is 1.80. The molecule has 1 aliphatic heterocycles. The topological polar surface area (TPSA) is 95.1 Å². The quantitative estimate of drug-likeness (QED) is 0.534. The SMILES string of the molecule is CCCS(=O)(=O)N1Cc2cc(C#N)ccc2N(Cc2cncn2C)C[C@H]1Cc1cccnc1. The Kier molecular flexibility index (Phi) is 6.77. The highest BCUT2D eigenvalue weighted by Crippen LogP contribution is 2.32. The van der Waals surface area contributed by atoms with Gasteiger partial charge in [0.25, 0.3) is 0 Å². The molecule has 9 heteroatoms. The van der Waals surface area contributed by atoms with E-state index >= 15 is 0 Å². The molecule has 0 amide bonds. The summed E-state index contributed by atoms with van der Waals surface area (Å²) in [6.07, 6.45) is 8.20. The van der Waals surface area contributed by atoms with Gasteiger partial charge in [-0.3, -0.25) is 4.98 Å². The molecule has 0 unspecified atom stereocenters. The summed E-state index contributed by atoms with van der Waals surface area (Å²) in [5, 5.41) is 9.46. The first-order valence-corrected chi connectivity index (χ1v) is 12.6. The zero-order chi connectivity index (χ0) is 23.4. The Labute approximate surface area is 195 Å². The van der Waals surface area contributed by atoms with Crippen molar-refractivity contribution < 1.29 is 8.42 Å². The molecule has 0 saturated carbocycles. The molecule has 172 valence electrons. The Morgan fingerprint density at radius 3 is 2.73 bits per heavy atom. The fourth-order valence-corrected chi connectivity index (χ4v) is 6.05.